The molecule has 1 aliphatic rings. The number of aliphatic hydroxyl groups is 2. The molecule has 0 spiro atoms. The van der Waals surface area contributed by atoms with Crippen LogP contribution in [0.2, 0.25) is 0 Å². The molecule has 0 amide bonds. The van der Waals surface area contributed by atoms with Crippen LogP contribution in [0.1, 0.15) is 27.0 Å². The summed E-state index contributed by atoms with van der Waals surface area (Å²) in [4.78, 5) is 25.9. The van der Waals surface area contributed by atoms with E-state index in [0.29, 0.717) is 4.57 Å². The number of hydrogen-bond donors (Lipinski definition) is 4. The van der Waals surface area contributed by atoms with E-state index in [0.717, 1.165) is 12.3 Å². The zero-order chi connectivity index (χ0) is 29.2. The van der Waals surface area contributed by atoms with E-state index in [2.05, 4.69) is 10.1 Å². The number of ether oxygens (including phenoxy) is 2. The van der Waals surface area contributed by atoms with E-state index in [-0.39, 0.29) is 5.75 Å². The van der Waals surface area contributed by atoms with Gasteiger partial charge in [-0.2, -0.15) is 18.3 Å². The topological polar surface area (TPSA) is 161 Å². The molecule has 12 nitrogen and oxygen atoms in total. The van der Waals surface area contributed by atoms with E-state index < -0.39 is 73.0 Å². The Labute approximate surface area is 225 Å². The molecular weight excluding hydrogens is 570 g/mol. The van der Waals surface area contributed by atoms with Crippen LogP contribution in [0.3, 0.4) is 0 Å². The average Bonchev–Trinajstić information content (AvgIpc) is 3.09. The molecule has 17 heteroatoms. The summed E-state index contributed by atoms with van der Waals surface area (Å²) in [6.07, 6.45) is -12.0. The fraction of sp³-hybridized carbons (Fsp3) is 0.500. The lowest BCUT2D eigenvalue weighted by Crippen LogP contribution is -2.58. The van der Waals surface area contributed by atoms with Gasteiger partial charge in [0.25, 0.3) is 5.56 Å². The van der Waals surface area contributed by atoms with Crippen LogP contribution >= 0.6 is 20.0 Å². The first-order chi connectivity index (χ1) is 18.1. The van der Waals surface area contributed by atoms with E-state index in [4.69, 9.17) is 30.7 Å². The summed E-state index contributed by atoms with van der Waals surface area (Å²) in [5.74, 6) is -0.795. The van der Waals surface area contributed by atoms with Gasteiger partial charge in [0.1, 0.15) is 24.0 Å². The summed E-state index contributed by atoms with van der Waals surface area (Å²) >= 11 is 4.89. The zero-order valence-corrected chi connectivity index (χ0v) is 22.5. The van der Waals surface area contributed by atoms with E-state index in [1.165, 1.54) is 19.1 Å². The number of carbonyl (C=O) groups is 1. The number of para-hydroxylation sites is 1. The van der Waals surface area contributed by atoms with Crippen molar-refractivity contribution in [1.82, 2.24) is 14.6 Å². The minimum absolute atomic E-state index is 0.0230. The average molecular weight is 598 g/mol. The maximum atomic E-state index is 14.0. The number of rotatable bonds is 10. The van der Waals surface area contributed by atoms with E-state index in [1.807, 2.05) is 0 Å². The fourth-order valence-corrected chi connectivity index (χ4v) is 5.37. The normalized spacial score (nSPS) is 25.7. The highest BCUT2D eigenvalue weighted by Gasteiger charge is 2.71. The molecule has 0 aliphatic carbocycles. The molecule has 1 aliphatic heterocycles. The summed E-state index contributed by atoms with van der Waals surface area (Å²) in [5.41, 5.74) is -4.63. The number of carbonyl (C=O) groups excluding carboxylic acids is 1. The van der Waals surface area contributed by atoms with Crippen molar-refractivity contribution in [2.24, 2.45) is 0 Å². The van der Waals surface area contributed by atoms with Gasteiger partial charge < -0.3 is 24.2 Å². The van der Waals surface area contributed by atoms with Crippen LogP contribution in [-0.4, -0.2) is 68.5 Å². The molecule has 1 aromatic heterocycles. The van der Waals surface area contributed by atoms with Crippen LogP contribution in [0.25, 0.3) is 0 Å². The third kappa shape index (κ3) is 6.95. The molecule has 2 unspecified atom stereocenters. The van der Waals surface area contributed by atoms with Gasteiger partial charge in [-0.25, -0.2) is 4.57 Å². The molecule has 2 heterocycles. The Balaban J connectivity index is 1.90. The molecular formula is C22H27F3N3O9PS. The van der Waals surface area contributed by atoms with Crippen molar-refractivity contribution in [1.29, 1.82) is 0 Å². The lowest BCUT2D eigenvalue weighted by Gasteiger charge is -2.33. The number of alkyl halides is 3. The second-order valence-corrected chi connectivity index (χ2v) is 10.9. The van der Waals surface area contributed by atoms with Gasteiger partial charge in [-0.05, 0) is 45.1 Å². The third-order valence-corrected chi connectivity index (χ3v) is 7.43. The molecule has 0 bridgehead atoms. The third-order valence-electron chi connectivity index (χ3n) is 5.48. The first kappa shape index (κ1) is 30.9. The molecule has 1 fully saturated rings. The number of aromatic nitrogens is 2. The van der Waals surface area contributed by atoms with Crippen molar-refractivity contribution in [3.63, 3.8) is 0 Å². The number of esters is 1. The molecule has 39 heavy (non-hydrogen) atoms. The van der Waals surface area contributed by atoms with Gasteiger partial charge in [0.05, 0.1) is 12.7 Å². The van der Waals surface area contributed by atoms with Crippen molar-refractivity contribution in [3.8, 4) is 5.75 Å². The number of nitrogens with one attached hydrogen (secondary N) is 2. The summed E-state index contributed by atoms with van der Waals surface area (Å²) in [7, 11) is -4.54. The van der Waals surface area contributed by atoms with Crippen LogP contribution in [0.4, 0.5) is 13.2 Å². The quantitative estimate of drug-likeness (QED) is 0.181. The van der Waals surface area contributed by atoms with Crippen LogP contribution in [-0.2, 0) is 23.4 Å². The van der Waals surface area contributed by atoms with Gasteiger partial charge >= 0.3 is 19.9 Å². The van der Waals surface area contributed by atoms with Crippen molar-refractivity contribution >= 4 is 25.9 Å². The Morgan fingerprint density at radius 2 is 1.92 bits per heavy atom. The minimum Gasteiger partial charge on any atom is -0.462 e. The largest absolute Gasteiger partial charge is 0.462 e. The van der Waals surface area contributed by atoms with Crippen LogP contribution in [0.5, 0.6) is 5.75 Å². The second kappa shape index (κ2) is 11.9. The Kier molecular flexibility index (Phi) is 9.43. The second-order valence-electron chi connectivity index (χ2n) is 8.85. The maximum absolute atomic E-state index is 14.0. The predicted octanol–water partition coefficient (Wildman–Crippen LogP) is 2.59. The first-order valence-electron chi connectivity index (χ1n) is 11.5. The number of nitrogens with zero attached hydrogens (tertiary/aromatic N) is 1. The summed E-state index contributed by atoms with van der Waals surface area (Å²) in [6, 6.07) is 7.13. The van der Waals surface area contributed by atoms with Gasteiger partial charge in [-0.1, -0.05) is 18.2 Å². The van der Waals surface area contributed by atoms with Gasteiger partial charge in [-0.15, -0.1) is 0 Å². The number of halogens is 3. The number of hydrogen-bond acceptors (Lipinski definition) is 10. The van der Waals surface area contributed by atoms with Crippen molar-refractivity contribution in [2.75, 3.05) is 6.61 Å². The van der Waals surface area contributed by atoms with Gasteiger partial charge in [0, 0.05) is 12.3 Å². The smallest absolute Gasteiger partial charge is 0.459 e. The molecule has 6 atom stereocenters. The summed E-state index contributed by atoms with van der Waals surface area (Å²) in [6.45, 7) is 3.47. The highest BCUT2D eigenvalue weighted by atomic mass is 32.1. The molecule has 4 N–H and O–H groups in total. The van der Waals surface area contributed by atoms with Gasteiger partial charge in [0.15, 0.2) is 11.0 Å². The molecule has 2 aromatic rings. The Morgan fingerprint density at radius 3 is 2.49 bits per heavy atom. The molecule has 216 valence electrons. The van der Waals surface area contributed by atoms with Crippen molar-refractivity contribution in [2.45, 2.75) is 63.1 Å². The number of aliphatic hydroxyl groups excluding tert-OH is 1. The number of H-pyrrole nitrogens is 1. The Morgan fingerprint density at radius 1 is 1.28 bits per heavy atom. The van der Waals surface area contributed by atoms with Crippen LogP contribution in [0.15, 0.2) is 47.4 Å². The summed E-state index contributed by atoms with van der Waals surface area (Å²) < 4.78 is 76.9. The highest BCUT2D eigenvalue weighted by molar-refractivity contribution is 7.71. The van der Waals surface area contributed by atoms with E-state index >= 15 is 0 Å². The predicted molar refractivity (Wildman–Crippen MR) is 131 cm³/mol. The standard InChI is InChI=1S/C22H27F3N3O9PS/c1-12(2)35-18(31)13(3)27-38(33,37-14-7-5-4-6-8-14)34-11-15-17(30)21(32,22(23,24)25)19(36-15)28-10-9-16(29)26-20(28)39/h4-10,12-13,15,17,19,30,32H,11H2,1-3H3,(H,27,33)(H,26,29,39)/t13-,15+,17-,19+,21?,38?/m0/s1. The number of aromatic amines is 1. The first-order valence-corrected chi connectivity index (χ1v) is 13.4. The molecule has 0 radical (unpaired) electrons. The highest BCUT2D eigenvalue weighted by Crippen LogP contribution is 2.50. The summed E-state index contributed by atoms with van der Waals surface area (Å²) in [5, 5.41) is 23.6. The Hall–Kier alpha value is -2.59. The van der Waals surface area contributed by atoms with Crippen LogP contribution < -0.4 is 15.2 Å². The fourth-order valence-electron chi connectivity index (χ4n) is 3.61. The van der Waals surface area contributed by atoms with Gasteiger partial charge in [-0.3, -0.25) is 23.7 Å². The van der Waals surface area contributed by atoms with Crippen molar-refractivity contribution < 1.29 is 51.3 Å². The van der Waals surface area contributed by atoms with E-state index in [1.54, 1.807) is 32.0 Å². The Bertz CT molecular complexity index is 1320. The molecule has 1 saturated heterocycles. The number of benzene rings is 1. The van der Waals surface area contributed by atoms with Crippen molar-refractivity contribution in [3.05, 3.63) is 57.7 Å². The molecule has 3 rings (SSSR count). The monoisotopic (exact) mass is 597 g/mol. The van der Waals surface area contributed by atoms with Gasteiger partial charge in [0.2, 0.25) is 5.60 Å². The van der Waals surface area contributed by atoms with E-state index in [9.17, 15) is 37.5 Å². The SMILES string of the molecule is CC(C)OC(=O)[C@H](C)NP(=O)(OC[C@H]1O[C@@H](n2ccc(=O)[nH]c2=S)C(O)(C(F)(F)F)[C@H]1O)Oc1ccccc1. The maximum Gasteiger partial charge on any atom is 0.459 e. The van der Waals surface area contributed by atoms with Crippen LogP contribution in [0, 0.1) is 4.77 Å². The lowest BCUT2D eigenvalue weighted by molar-refractivity contribution is -0.304. The molecule has 1 aromatic carbocycles. The minimum atomic E-state index is -5.45. The zero-order valence-electron chi connectivity index (χ0n) is 20.8. The molecule has 0 saturated carbocycles. The lowest BCUT2D eigenvalue weighted by atomic mass is 9.93.